The van der Waals surface area contributed by atoms with Crippen LogP contribution in [0, 0.1) is 13.8 Å². The smallest absolute Gasteiger partial charge is 0.341 e. The Labute approximate surface area is 212 Å². The number of methoxy groups -OCH3 is 2. The van der Waals surface area contributed by atoms with Crippen LogP contribution in [0.3, 0.4) is 0 Å². The van der Waals surface area contributed by atoms with Crippen LogP contribution in [-0.2, 0) is 16.0 Å². The first-order valence-electron chi connectivity index (χ1n) is 10.9. The third kappa shape index (κ3) is 5.80. The van der Waals surface area contributed by atoms with Crippen molar-refractivity contribution < 1.29 is 23.8 Å². The first kappa shape index (κ1) is 25.8. The standard InChI is InChI=1S/C26H28BrNO5S/c1-6-33-26(30)24-19(17-8-7-15(2)16(3)11-17)14-34-25(24)28-23(29)10-9-18-12-21(31-4)22(32-5)13-20(18)27/h7-8,11-14H,6,9-10H2,1-5H3,(H,28,29). The van der Waals surface area contributed by atoms with E-state index in [2.05, 4.69) is 21.2 Å². The molecule has 0 atom stereocenters. The van der Waals surface area contributed by atoms with E-state index < -0.39 is 5.97 Å². The van der Waals surface area contributed by atoms with Crippen molar-refractivity contribution in [3.8, 4) is 22.6 Å². The van der Waals surface area contributed by atoms with Gasteiger partial charge in [-0.3, -0.25) is 4.79 Å². The van der Waals surface area contributed by atoms with Crippen molar-refractivity contribution in [1.29, 1.82) is 0 Å². The highest BCUT2D eigenvalue weighted by molar-refractivity contribution is 9.10. The maximum atomic E-state index is 12.8. The predicted molar refractivity (Wildman–Crippen MR) is 139 cm³/mol. The van der Waals surface area contributed by atoms with Gasteiger partial charge in [-0.25, -0.2) is 4.79 Å². The average molecular weight is 546 g/mol. The molecule has 3 rings (SSSR count). The van der Waals surface area contributed by atoms with E-state index in [0.717, 1.165) is 26.7 Å². The SMILES string of the molecule is CCOC(=O)c1c(-c2ccc(C)c(C)c2)csc1NC(=O)CCc1cc(OC)c(OC)cc1Br. The summed E-state index contributed by atoms with van der Waals surface area (Å²) in [4.78, 5) is 25.6. The number of thiophene rings is 1. The summed E-state index contributed by atoms with van der Waals surface area (Å²) in [5, 5.41) is 5.29. The summed E-state index contributed by atoms with van der Waals surface area (Å²) in [5.74, 6) is 0.566. The summed E-state index contributed by atoms with van der Waals surface area (Å²) in [6, 6.07) is 9.72. The highest BCUT2D eigenvalue weighted by Crippen LogP contribution is 2.37. The maximum absolute atomic E-state index is 12.8. The van der Waals surface area contributed by atoms with Crippen LogP contribution in [0.4, 0.5) is 5.00 Å². The first-order chi connectivity index (χ1) is 16.3. The van der Waals surface area contributed by atoms with Gasteiger partial charge in [0.15, 0.2) is 11.5 Å². The van der Waals surface area contributed by atoms with Gasteiger partial charge in [-0.2, -0.15) is 0 Å². The molecule has 0 saturated heterocycles. The Morgan fingerprint density at radius 1 is 1.03 bits per heavy atom. The van der Waals surface area contributed by atoms with Crippen molar-refractivity contribution in [2.24, 2.45) is 0 Å². The van der Waals surface area contributed by atoms with Crippen molar-refractivity contribution in [3.63, 3.8) is 0 Å². The predicted octanol–water partition coefficient (Wildman–Crippen LogP) is 6.56. The molecule has 0 bridgehead atoms. The lowest BCUT2D eigenvalue weighted by molar-refractivity contribution is -0.116. The fourth-order valence-corrected chi connectivity index (χ4v) is 5.00. The number of anilines is 1. The maximum Gasteiger partial charge on any atom is 0.341 e. The van der Waals surface area contributed by atoms with Gasteiger partial charge in [-0.05, 0) is 61.6 Å². The summed E-state index contributed by atoms with van der Waals surface area (Å²) >= 11 is 4.85. The van der Waals surface area contributed by atoms with E-state index in [9.17, 15) is 9.59 Å². The molecule has 0 unspecified atom stereocenters. The molecule has 0 radical (unpaired) electrons. The number of esters is 1. The van der Waals surface area contributed by atoms with E-state index in [-0.39, 0.29) is 18.9 Å². The zero-order chi connectivity index (χ0) is 24.8. The summed E-state index contributed by atoms with van der Waals surface area (Å²) in [6.07, 6.45) is 0.712. The highest BCUT2D eigenvalue weighted by Gasteiger charge is 2.23. The summed E-state index contributed by atoms with van der Waals surface area (Å²) < 4.78 is 16.8. The van der Waals surface area contributed by atoms with E-state index in [1.165, 1.54) is 16.9 Å². The topological polar surface area (TPSA) is 73.9 Å². The number of benzene rings is 2. The van der Waals surface area contributed by atoms with Crippen LogP contribution in [0.15, 0.2) is 40.2 Å². The lowest BCUT2D eigenvalue weighted by Gasteiger charge is -2.12. The number of halogens is 1. The number of hydrogen-bond donors (Lipinski definition) is 1. The number of ether oxygens (including phenoxy) is 3. The molecule has 6 nitrogen and oxygen atoms in total. The lowest BCUT2D eigenvalue weighted by Crippen LogP contribution is -2.15. The molecule has 0 aliphatic heterocycles. The van der Waals surface area contributed by atoms with Gasteiger partial charge in [0.2, 0.25) is 5.91 Å². The fraction of sp³-hybridized carbons (Fsp3) is 0.308. The quantitative estimate of drug-likeness (QED) is 0.308. The van der Waals surface area contributed by atoms with Crippen molar-refractivity contribution in [1.82, 2.24) is 0 Å². The molecular formula is C26H28BrNO5S. The van der Waals surface area contributed by atoms with E-state index in [1.54, 1.807) is 21.1 Å². The zero-order valence-corrected chi connectivity index (χ0v) is 22.3. The molecule has 0 fully saturated rings. The second-order valence-electron chi connectivity index (χ2n) is 7.72. The molecular weight excluding hydrogens is 518 g/mol. The van der Waals surface area contributed by atoms with Crippen molar-refractivity contribution in [2.45, 2.75) is 33.6 Å². The van der Waals surface area contributed by atoms with Gasteiger partial charge in [0.25, 0.3) is 0 Å². The summed E-state index contributed by atoms with van der Waals surface area (Å²) in [7, 11) is 3.15. The Bertz CT molecular complexity index is 1200. The second-order valence-corrected chi connectivity index (χ2v) is 9.45. The zero-order valence-electron chi connectivity index (χ0n) is 19.9. The molecule has 1 amide bonds. The Kier molecular flexibility index (Phi) is 8.74. The Hall–Kier alpha value is -2.84. The van der Waals surface area contributed by atoms with Crippen LogP contribution < -0.4 is 14.8 Å². The molecule has 180 valence electrons. The van der Waals surface area contributed by atoms with E-state index in [1.807, 2.05) is 49.6 Å². The lowest BCUT2D eigenvalue weighted by atomic mass is 9.99. The molecule has 1 heterocycles. The van der Waals surface area contributed by atoms with Crippen LogP contribution in [0.1, 0.15) is 40.4 Å². The van der Waals surface area contributed by atoms with E-state index >= 15 is 0 Å². The van der Waals surface area contributed by atoms with Crippen LogP contribution in [0.5, 0.6) is 11.5 Å². The van der Waals surface area contributed by atoms with Gasteiger partial charge in [0.1, 0.15) is 10.6 Å². The number of aryl methyl sites for hydroxylation is 3. The number of hydrogen-bond acceptors (Lipinski definition) is 6. The van der Waals surface area contributed by atoms with E-state index in [0.29, 0.717) is 28.5 Å². The molecule has 1 N–H and O–H groups in total. The van der Waals surface area contributed by atoms with E-state index in [4.69, 9.17) is 14.2 Å². The average Bonchev–Trinajstić information content (AvgIpc) is 3.23. The summed E-state index contributed by atoms with van der Waals surface area (Å²) in [5.41, 5.74) is 5.27. The van der Waals surface area contributed by atoms with Gasteiger partial charge >= 0.3 is 5.97 Å². The number of carbonyl (C=O) groups excluding carboxylic acids is 2. The Morgan fingerprint density at radius 3 is 2.38 bits per heavy atom. The van der Waals surface area contributed by atoms with Crippen molar-refractivity contribution in [2.75, 3.05) is 26.1 Å². The number of amides is 1. The molecule has 0 spiro atoms. The van der Waals surface area contributed by atoms with Crippen LogP contribution >= 0.6 is 27.3 Å². The van der Waals surface area contributed by atoms with Crippen LogP contribution in [0.25, 0.3) is 11.1 Å². The molecule has 1 aromatic heterocycles. The molecule has 34 heavy (non-hydrogen) atoms. The largest absolute Gasteiger partial charge is 0.493 e. The van der Waals surface area contributed by atoms with Gasteiger partial charge in [-0.15, -0.1) is 11.3 Å². The van der Waals surface area contributed by atoms with Crippen molar-refractivity contribution >= 4 is 44.1 Å². The molecule has 0 aliphatic carbocycles. The molecule has 2 aromatic carbocycles. The highest BCUT2D eigenvalue weighted by atomic mass is 79.9. The summed E-state index contributed by atoms with van der Waals surface area (Å²) in [6.45, 7) is 6.09. The van der Waals surface area contributed by atoms with Gasteiger partial charge < -0.3 is 19.5 Å². The number of nitrogens with one attached hydrogen (secondary N) is 1. The van der Waals surface area contributed by atoms with Crippen molar-refractivity contribution in [3.05, 3.63) is 62.4 Å². The van der Waals surface area contributed by atoms with Gasteiger partial charge in [0, 0.05) is 21.8 Å². The Balaban J connectivity index is 1.82. The Morgan fingerprint density at radius 2 is 1.74 bits per heavy atom. The minimum atomic E-state index is -0.449. The molecule has 0 aliphatic rings. The number of rotatable bonds is 9. The minimum Gasteiger partial charge on any atom is -0.493 e. The van der Waals surface area contributed by atoms with Gasteiger partial charge in [-0.1, -0.05) is 34.1 Å². The van der Waals surface area contributed by atoms with Crippen LogP contribution in [-0.4, -0.2) is 32.7 Å². The fourth-order valence-electron chi connectivity index (χ4n) is 3.50. The first-order valence-corrected chi connectivity index (χ1v) is 12.5. The molecule has 3 aromatic rings. The van der Waals surface area contributed by atoms with Gasteiger partial charge in [0.05, 0.1) is 20.8 Å². The third-order valence-corrected chi connectivity index (χ3v) is 7.15. The van der Waals surface area contributed by atoms with Crippen LogP contribution in [0.2, 0.25) is 0 Å². The second kappa shape index (κ2) is 11.5. The minimum absolute atomic E-state index is 0.194. The molecule has 8 heteroatoms. The number of carbonyl (C=O) groups is 2. The molecule has 0 saturated carbocycles. The normalized spacial score (nSPS) is 10.6. The monoisotopic (exact) mass is 545 g/mol. The third-order valence-electron chi connectivity index (χ3n) is 5.52.